The number of piperidine rings is 1. The van der Waals surface area contributed by atoms with E-state index in [0.29, 0.717) is 30.3 Å². The van der Waals surface area contributed by atoms with Crippen LogP contribution in [0.5, 0.6) is 0 Å². The maximum absolute atomic E-state index is 13.1. The molecule has 2 aliphatic rings. The molecule has 1 fully saturated rings. The summed E-state index contributed by atoms with van der Waals surface area (Å²) in [5.41, 5.74) is 2.82. The van der Waals surface area contributed by atoms with Gasteiger partial charge >= 0.3 is 5.97 Å². The van der Waals surface area contributed by atoms with Gasteiger partial charge in [0.2, 0.25) is 5.95 Å². The molecule has 0 saturated carbocycles. The normalized spacial score (nSPS) is 20.4. The Morgan fingerprint density at radius 1 is 1.17 bits per heavy atom. The Morgan fingerprint density at radius 2 is 2.00 bits per heavy atom. The second-order valence-corrected chi connectivity index (χ2v) is 7.97. The number of hydrogen-bond acceptors (Lipinski definition) is 7. The summed E-state index contributed by atoms with van der Waals surface area (Å²) in [7, 11) is 5.19. The Kier molecular flexibility index (Phi) is 4.94. The van der Waals surface area contributed by atoms with Gasteiger partial charge in [0.1, 0.15) is 5.69 Å². The Hall–Kier alpha value is -3.03. The van der Waals surface area contributed by atoms with Crippen LogP contribution in [0.15, 0.2) is 24.5 Å². The summed E-state index contributed by atoms with van der Waals surface area (Å²) in [6, 6.07) is 3.16. The number of nitrogens with zero attached hydrogens (tertiary/aromatic N) is 5. The molecule has 8 heteroatoms. The van der Waals surface area contributed by atoms with Crippen molar-refractivity contribution in [1.29, 1.82) is 0 Å². The van der Waals surface area contributed by atoms with Crippen molar-refractivity contribution in [3.05, 3.63) is 47.0 Å². The monoisotopic (exact) mass is 395 g/mol. The highest BCUT2D eigenvalue weighted by atomic mass is 16.5. The molecule has 0 bridgehead atoms. The summed E-state index contributed by atoms with van der Waals surface area (Å²) >= 11 is 0. The Bertz CT molecular complexity index is 940. The molecule has 3 heterocycles. The van der Waals surface area contributed by atoms with Crippen LogP contribution in [0.1, 0.15) is 51.4 Å². The predicted molar refractivity (Wildman–Crippen MR) is 107 cm³/mol. The zero-order chi connectivity index (χ0) is 20.6. The van der Waals surface area contributed by atoms with Gasteiger partial charge in [-0.05, 0) is 43.4 Å². The van der Waals surface area contributed by atoms with E-state index in [1.54, 1.807) is 12.1 Å². The molecule has 8 nitrogen and oxygen atoms in total. The van der Waals surface area contributed by atoms with Crippen LogP contribution in [0.4, 0.5) is 5.95 Å². The topological polar surface area (TPSA) is 88.5 Å². The summed E-state index contributed by atoms with van der Waals surface area (Å²) in [6.45, 7) is 1.32. The largest absolute Gasteiger partial charge is 0.465 e. The Morgan fingerprint density at radius 3 is 2.69 bits per heavy atom. The van der Waals surface area contributed by atoms with Gasteiger partial charge in [0.05, 0.1) is 18.4 Å². The second kappa shape index (κ2) is 7.42. The van der Waals surface area contributed by atoms with Crippen molar-refractivity contribution in [2.45, 2.75) is 31.1 Å². The van der Waals surface area contributed by atoms with E-state index in [4.69, 9.17) is 4.98 Å². The molecule has 1 atom stereocenters. The molecule has 0 N–H and O–H groups in total. The van der Waals surface area contributed by atoms with E-state index in [9.17, 15) is 9.59 Å². The van der Waals surface area contributed by atoms with Gasteiger partial charge in [-0.3, -0.25) is 9.78 Å². The predicted octanol–water partition coefficient (Wildman–Crippen LogP) is 1.84. The molecular weight excluding hydrogens is 370 g/mol. The van der Waals surface area contributed by atoms with Gasteiger partial charge in [-0.15, -0.1) is 0 Å². The minimum absolute atomic E-state index is 0.115. The molecule has 2 aromatic rings. The number of likely N-dealkylation sites (tertiary alicyclic amines) is 1. The number of anilines is 1. The fraction of sp³-hybridized carbons (Fsp3) is 0.476. The van der Waals surface area contributed by atoms with E-state index in [-0.39, 0.29) is 11.3 Å². The SMILES string of the molecule is COC(=O)c1ccc(C(=O)N2CCCC3(CCc4cnc(N(C)C)nc43)C2)nc1. The number of rotatable bonds is 3. The van der Waals surface area contributed by atoms with Crippen LogP contribution in [-0.2, 0) is 16.6 Å². The molecule has 1 spiro atoms. The number of methoxy groups -OCH3 is 1. The lowest BCUT2D eigenvalue weighted by molar-refractivity contribution is 0.0594. The van der Waals surface area contributed by atoms with E-state index in [0.717, 1.165) is 31.4 Å². The van der Waals surface area contributed by atoms with Gasteiger partial charge in [-0.25, -0.2) is 14.8 Å². The number of amides is 1. The fourth-order valence-corrected chi connectivity index (χ4v) is 4.37. The molecule has 152 valence electrons. The molecule has 4 rings (SSSR count). The molecule has 0 aromatic carbocycles. The lowest BCUT2D eigenvalue weighted by Gasteiger charge is -2.40. The van der Waals surface area contributed by atoms with Gasteiger partial charge in [0.15, 0.2) is 0 Å². The fourth-order valence-electron chi connectivity index (χ4n) is 4.37. The van der Waals surface area contributed by atoms with Gasteiger partial charge < -0.3 is 14.5 Å². The third-order valence-electron chi connectivity index (χ3n) is 5.89. The number of carbonyl (C=O) groups is 2. The van der Waals surface area contributed by atoms with Gasteiger partial charge in [0, 0.05) is 45.0 Å². The summed E-state index contributed by atoms with van der Waals surface area (Å²) < 4.78 is 4.69. The number of carbonyl (C=O) groups excluding carboxylic acids is 2. The van der Waals surface area contributed by atoms with Gasteiger partial charge in [-0.2, -0.15) is 0 Å². The third-order valence-corrected chi connectivity index (χ3v) is 5.89. The first-order valence-electron chi connectivity index (χ1n) is 9.81. The van der Waals surface area contributed by atoms with Gasteiger partial charge in [0.25, 0.3) is 5.91 Å². The van der Waals surface area contributed by atoms with Crippen LogP contribution in [-0.4, -0.2) is 66.0 Å². The first-order chi connectivity index (χ1) is 13.9. The number of aromatic nitrogens is 3. The number of esters is 1. The highest BCUT2D eigenvalue weighted by Gasteiger charge is 2.45. The van der Waals surface area contributed by atoms with Crippen molar-refractivity contribution in [2.24, 2.45) is 0 Å². The first-order valence-corrected chi connectivity index (χ1v) is 9.81. The number of hydrogen-bond donors (Lipinski definition) is 0. The number of fused-ring (bicyclic) bond motifs is 2. The van der Waals surface area contributed by atoms with Crippen LogP contribution >= 0.6 is 0 Å². The molecule has 1 unspecified atom stereocenters. The lowest BCUT2D eigenvalue weighted by atomic mass is 9.77. The van der Waals surface area contributed by atoms with Crippen molar-refractivity contribution in [3.63, 3.8) is 0 Å². The highest BCUT2D eigenvalue weighted by Crippen LogP contribution is 2.44. The van der Waals surface area contributed by atoms with Crippen molar-refractivity contribution >= 4 is 17.8 Å². The first kappa shape index (κ1) is 19.3. The van der Waals surface area contributed by atoms with E-state index in [1.807, 2.05) is 30.1 Å². The van der Waals surface area contributed by atoms with Gasteiger partial charge in [-0.1, -0.05) is 0 Å². The second-order valence-electron chi connectivity index (χ2n) is 7.97. The quantitative estimate of drug-likeness (QED) is 0.733. The zero-order valence-electron chi connectivity index (χ0n) is 17.0. The maximum Gasteiger partial charge on any atom is 0.339 e. The zero-order valence-corrected chi connectivity index (χ0v) is 17.0. The Labute approximate surface area is 169 Å². The molecule has 1 aliphatic heterocycles. The number of aryl methyl sites for hydroxylation is 1. The van der Waals surface area contributed by atoms with Crippen molar-refractivity contribution in [2.75, 3.05) is 39.2 Å². The van der Waals surface area contributed by atoms with Crippen LogP contribution in [0.3, 0.4) is 0 Å². The summed E-state index contributed by atoms with van der Waals surface area (Å²) in [6.07, 6.45) is 7.18. The van der Waals surface area contributed by atoms with Crippen LogP contribution in [0.25, 0.3) is 0 Å². The molecule has 2 aromatic heterocycles. The molecule has 0 radical (unpaired) electrons. The van der Waals surface area contributed by atoms with Crippen molar-refractivity contribution in [3.8, 4) is 0 Å². The minimum Gasteiger partial charge on any atom is -0.465 e. The highest BCUT2D eigenvalue weighted by molar-refractivity contribution is 5.94. The van der Waals surface area contributed by atoms with Crippen LogP contribution < -0.4 is 4.90 Å². The smallest absolute Gasteiger partial charge is 0.339 e. The van der Waals surface area contributed by atoms with E-state index in [2.05, 4.69) is 14.7 Å². The number of ether oxygens (including phenoxy) is 1. The van der Waals surface area contributed by atoms with Crippen LogP contribution in [0, 0.1) is 0 Å². The van der Waals surface area contributed by atoms with E-state index in [1.165, 1.54) is 18.9 Å². The Balaban J connectivity index is 1.57. The number of pyridine rings is 1. The van der Waals surface area contributed by atoms with E-state index >= 15 is 0 Å². The standard InChI is InChI=1S/C21H25N5O3/c1-25(2)20-23-11-14-7-9-21(17(14)24-20)8-4-10-26(13-21)18(27)16-6-5-15(12-22-16)19(28)29-3/h5-6,11-12H,4,7-10,13H2,1-3H3. The summed E-state index contributed by atoms with van der Waals surface area (Å²) in [4.78, 5) is 41.9. The lowest BCUT2D eigenvalue weighted by Crippen LogP contribution is -2.48. The molecule has 29 heavy (non-hydrogen) atoms. The molecular formula is C21H25N5O3. The van der Waals surface area contributed by atoms with Crippen molar-refractivity contribution < 1.29 is 14.3 Å². The maximum atomic E-state index is 13.1. The van der Waals surface area contributed by atoms with Crippen LogP contribution in [0.2, 0.25) is 0 Å². The van der Waals surface area contributed by atoms with Crippen molar-refractivity contribution in [1.82, 2.24) is 19.9 Å². The molecule has 1 amide bonds. The average molecular weight is 395 g/mol. The summed E-state index contributed by atoms with van der Waals surface area (Å²) in [5.74, 6) is 0.122. The average Bonchev–Trinajstić information content (AvgIpc) is 3.09. The molecule has 1 aliphatic carbocycles. The summed E-state index contributed by atoms with van der Waals surface area (Å²) in [5, 5.41) is 0. The third kappa shape index (κ3) is 3.43. The molecule has 1 saturated heterocycles. The van der Waals surface area contributed by atoms with E-state index < -0.39 is 5.97 Å². The minimum atomic E-state index is -0.465.